The number of thiocarbonyl (C=S) groups is 1. The SMILES string of the molecule is NC(=O)c1ccc(NC(=S)NC(=O)c2ccc(Cl)cc2Cl)cc1. The molecule has 4 N–H and O–H groups in total. The normalized spacial score (nSPS) is 10.0. The molecule has 0 unspecified atom stereocenters. The lowest BCUT2D eigenvalue weighted by Gasteiger charge is -2.10. The third kappa shape index (κ3) is 4.66. The Balaban J connectivity index is 2.01. The highest BCUT2D eigenvalue weighted by atomic mass is 35.5. The van der Waals surface area contributed by atoms with E-state index in [1.54, 1.807) is 30.3 Å². The van der Waals surface area contributed by atoms with Crippen LogP contribution in [-0.4, -0.2) is 16.9 Å². The van der Waals surface area contributed by atoms with Crippen LogP contribution in [0.4, 0.5) is 5.69 Å². The van der Waals surface area contributed by atoms with Gasteiger partial charge >= 0.3 is 0 Å². The number of hydrogen-bond acceptors (Lipinski definition) is 3. The van der Waals surface area contributed by atoms with Gasteiger partial charge in [0.1, 0.15) is 0 Å². The van der Waals surface area contributed by atoms with E-state index < -0.39 is 11.8 Å². The molecule has 8 heteroatoms. The Morgan fingerprint density at radius 3 is 2.26 bits per heavy atom. The molecule has 0 aliphatic carbocycles. The van der Waals surface area contributed by atoms with E-state index in [0.717, 1.165) is 0 Å². The van der Waals surface area contributed by atoms with Gasteiger partial charge in [-0.15, -0.1) is 0 Å². The molecule has 118 valence electrons. The predicted octanol–water partition coefficient (Wildman–Crippen LogP) is 3.22. The summed E-state index contributed by atoms with van der Waals surface area (Å²) in [4.78, 5) is 23.1. The van der Waals surface area contributed by atoms with E-state index in [0.29, 0.717) is 16.3 Å². The van der Waals surface area contributed by atoms with Gasteiger partial charge in [-0.25, -0.2) is 0 Å². The first-order valence-electron chi connectivity index (χ1n) is 6.34. The molecular formula is C15H11Cl2N3O2S. The number of benzene rings is 2. The number of primary amides is 1. The highest BCUT2D eigenvalue weighted by Gasteiger charge is 2.12. The molecule has 0 heterocycles. The Hall–Kier alpha value is -2.15. The van der Waals surface area contributed by atoms with E-state index in [2.05, 4.69) is 10.6 Å². The van der Waals surface area contributed by atoms with Crippen LogP contribution in [0.5, 0.6) is 0 Å². The number of nitrogens with one attached hydrogen (secondary N) is 2. The fourth-order valence-electron chi connectivity index (χ4n) is 1.72. The molecule has 2 rings (SSSR count). The maximum atomic E-state index is 12.1. The van der Waals surface area contributed by atoms with Crippen molar-refractivity contribution < 1.29 is 9.59 Å². The van der Waals surface area contributed by atoms with Crippen LogP contribution in [0.15, 0.2) is 42.5 Å². The fourth-order valence-corrected chi connectivity index (χ4v) is 2.43. The fraction of sp³-hybridized carbons (Fsp3) is 0. The number of carbonyl (C=O) groups is 2. The Labute approximate surface area is 147 Å². The molecule has 23 heavy (non-hydrogen) atoms. The molecule has 5 nitrogen and oxygen atoms in total. The summed E-state index contributed by atoms with van der Waals surface area (Å²) in [5.74, 6) is -0.984. The van der Waals surface area contributed by atoms with Gasteiger partial charge in [-0.05, 0) is 54.7 Å². The Kier molecular flexibility index (Phi) is 5.54. The molecule has 0 spiro atoms. The first-order chi connectivity index (χ1) is 10.9. The van der Waals surface area contributed by atoms with Gasteiger partial charge < -0.3 is 11.1 Å². The minimum atomic E-state index is -0.523. The van der Waals surface area contributed by atoms with Crippen LogP contribution in [0.1, 0.15) is 20.7 Å². The maximum Gasteiger partial charge on any atom is 0.258 e. The van der Waals surface area contributed by atoms with Gasteiger partial charge in [0.05, 0.1) is 10.6 Å². The van der Waals surface area contributed by atoms with Crippen molar-refractivity contribution in [3.8, 4) is 0 Å². The van der Waals surface area contributed by atoms with Crippen molar-refractivity contribution in [2.24, 2.45) is 5.73 Å². The quantitative estimate of drug-likeness (QED) is 0.727. The largest absolute Gasteiger partial charge is 0.366 e. The lowest BCUT2D eigenvalue weighted by atomic mass is 10.2. The van der Waals surface area contributed by atoms with Crippen LogP contribution in [-0.2, 0) is 0 Å². The minimum Gasteiger partial charge on any atom is -0.366 e. The Morgan fingerprint density at radius 2 is 1.70 bits per heavy atom. The summed E-state index contributed by atoms with van der Waals surface area (Å²) in [6.07, 6.45) is 0. The van der Waals surface area contributed by atoms with Gasteiger partial charge in [0, 0.05) is 16.3 Å². The first-order valence-corrected chi connectivity index (χ1v) is 7.50. The summed E-state index contributed by atoms with van der Waals surface area (Å²) in [6.45, 7) is 0. The summed E-state index contributed by atoms with van der Waals surface area (Å²) >= 11 is 16.8. The summed E-state index contributed by atoms with van der Waals surface area (Å²) in [5.41, 5.74) is 6.38. The van der Waals surface area contributed by atoms with Crippen LogP contribution < -0.4 is 16.4 Å². The van der Waals surface area contributed by atoms with Crippen molar-refractivity contribution in [1.29, 1.82) is 0 Å². The van der Waals surface area contributed by atoms with Gasteiger partial charge in [0.2, 0.25) is 5.91 Å². The molecular weight excluding hydrogens is 357 g/mol. The zero-order chi connectivity index (χ0) is 17.0. The smallest absolute Gasteiger partial charge is 0.258 e. The zero-order valence-corrected chi connectivity index (χ0v) is 13.9. The molecule has 0 saturated carbocycles. The number of amides is 2. The van der Waals surface area contributed by atoms with Crippen molar-refractivity contribution in [1.82, 2.24) is 5.32 Å². The molecule has 0 radical (unpaired) electrons. The molecule has 0 saturated heterocycles. The van der Waals surface area contributed by atoms with E-state index in [-0.39, 0.29) is 15.7 Å². The number of hydrogen-bond donors (Lipinski definition) is 3. The summed E-state index contributed by atoms with van der Waals surface area (Å²) in [6, 6.07) is 10.9. The lowest BCUT2D eigenvalue weighted by Crippen LogP contribution is -2.34. The second kappa shape index (κ2) is 7.41. The number of halogens is 2. The van der Waals surface area contributed by atoms with Crippen molar-refractivity contribution in [3.63, 3.8) is 0 Å². The van der Waals surface area contributed by atoms with E-state index in [1.807, 2.05) is 0 Å². The first kappa shape index (κ1) is 17.2. The van der Waals surface area contributed by atoms with Crippen molar-refractivity contribution in [3.05, 3.63) is 63.6 Å². The van der Waals surface area contributed by atoms with Crippen LogP contribution in [0.3, 0.4) is 0 Å². The molecule has 0 atom stereocenters. The van der Waals surface area contributed by atoms with E-state index >= 15 is 0 Å². The van der Waals surface area contributed by atoms with Gasteiger partial charge in [0.15, 0.2) is 5.11 Å². The van der Waals surface area contributed by atoms with E-state index in [1.165, 1.54) is 12.1 Å². The number of nitrogens with two attached hydrogens (primary N) is 1. The average Bonchev–Trinajstić information content (AvgIpc) is 2.47. The second-order valence-corrected chi connectivity index (χ2v) is 5.73. The average molecular weight is 368 g/mol. The predicted molar refractivity (Wildman–Crippen MR) is 95.1 cm³/mol. The van der Waals surface area contributed by atoms with Crippen molar-refractivity contribution in [2.75, 3.05) is 5.32 Å². The van der Waals surface area contributed by atoms with Crippen LogP contribution >= 0.6 is 35.4 Å². The number of anilines is 1. The van der Waals surface area contributed by atoms with Gasteiger partial charge in [0.25, 0.3) is 5.91 Å². The maximum absolute atomic E-state index is 12.1. The molecule has 0 fully saturated rings. The zero-order valence-electron chi connectivity index (χ0n) is 11.6. The van der Waals surface area contributed by atoms with Crippen LogP contribution in [0.25, 0.3) is 0 Å². The Bertz CT molecular complexity index is 779. The monoisotopic (exact) mass is 367 g/mol. The van der Waals surface area contributed by atoms with Crippen LogP contribution in [0.2, 0.25) is 10.0 Å². The highest BCUT2D eigenvalue weighted by Crippen LogP contribution is 2.20. The van der Waals surface area contributed by atoms with E-state index in [4.69, 9.17) is 41.2 Å². The number of carbonyl (C=O) groups excluding carboxylic acids is 2. The Morgan fingerprint density at radius 1 is 1.04 bits per heavy atom. The number of rotatable bonds is 3. The third-order valence-electron chi connectivity index (χ3n) is 2.83. The van der Waals surface area contributed by atoms with E-state index in [9.17, 15) is 9.59 Å². The molecule has 0 aliphatic rings. The second-order valence-electron chi connectivity index (χ2n) is 4.47. The molecule has 0 aliphatic heterocycles. The summed E-state index contributed by atoms with van der Waals surface area (Å²) < 4.78 is 0. The molecule has 2 aromatic carbocycles. The van der Waals surface area contributed by atoms with Crippen molar-refractivity contribution >= 4 is 58.0 Å². The topological polar surface area (TPSA) is 84.2 Å². The third-order valence-corrected chi connectivity index (χ3v) is 3.58. The highest BCUT2D eigenvalue weighted by molar-refractivity contribution is 7.80. The molecule has 0 aromatic heterocycles. The molecule has 2 aromatic rings. The van der Waals surface area contributed by atoms with Gasteiger partial charge in [-0.3, -0.25) is 14.9 Å². The minimum absolute atomic E-state index is 0.0906. The summed E-state index contributed by atoms with van der Waals surface area (Å²) in [5, 5.41) is 6.07. The van der Waals surface area contributed by atoms with Gasteiger partial charge in [-0.2, -0.15) is 0 Å². The van der Waals surface area contributed by atoms with Crippen molar-refractivity contribution in [2.45, 2.75) is 0 Å². The lowest BCUT2D eigenvalue weighted by molar-refractivity contribution is 0.0975. The summed E-state index contributed by atoms with van der Waals surface area (Å²) in [7, 11) is 0. The van der Waals surface area contributed by atoms with Gasteiger partial charge in [-0.1, -0.05) is 23.2 Å². The molecule has 2 amide bonds. The molecule has 0 bridgehead atoms. The standard InChI is InChI=1S/C15H11Cl2N3O2S/c16-9-3-6-11(12(17)7-9)14(22)20-15(23)19-10-4-1-8(2-5-10)13(18)21/h1-7H,(H2,18,21)(H2,19,20,22,23). The van der Waals surface area contributed by atoms with Crippen LogP contribution in [0, 0.1) is 0 Å².